The van der Waals surface area contributed by atoms with Crippen molar-refractivity contribution in [1.29, 1.82) is 0 Å². The highest BCUT2D eigenvalue weighted by Crippen LogP contribution is 2.36. The monoisotopic (exact) mass is 444 g/mol. The first-order chi connectivity index (χ1) is 15.7. The van der Waals surface area contributed by atoms with Gasteiger partial charge in [-0.3, -0.25) is 15.1 Å². The Balaban J connectivity index is 1.30. The van der Waals surface area contributed by atoms with Crippen LogP contribution in [0.1, 0.15) is 46.2 Å². The van der Waals surface area contributed by atoms with Crippen molar-refractivity contribution < 1.29 is 4.79 Å². The molecule has 0 bridgehead atoms. The molecule has 0 aromatic carbocycles. The van der Waals surface area contributed by atoms with Crippen LogP contribution in [0.15, 0.2) is 66.6 Å². The number of rotatable bonds is 6. The zero-order valence-corrected chi connectivity index (χ0v) is 18.6. The smallest absolute Gasteiger partial charge is 0.274 e. The lowest BCUT2D eigenvalue weighted by Gasteiger charge is -2.24. The van der Waals surface area contributed by atoms with Crippen molar-refractivity contribution in [3.63, 3.8) is 0 Å². The topological polar surface area (TPSA) is 75.9 Å². The second kappa shape index (κ2) is 8.92. The summed E-state index contributed by atoms with van der Waals surface area (Å²) in [5.74, 6) is 0.827. The Morgan fingerprint density at radius 3 is 2.94 bits per heavy atom. The first-order valence-corrected chi connectivity index (χ1v) is 11.6. The fourth-order valence-corrected chi connectivity index (χ4v) is 4.88. The number of carbonyl (C=O) groups excluding carboxylic acids is 1. The highest BCUT2D eigenvalue weighted by atomic mass is 32.1. The molecule has 1 aliphatic rings. The first-order valence-electron chi connectivity index (χ1n) is 10.7. The molecule has 1 amide bonds. The van der Waals surface area contributed by atoms with E-state index in [0.717, 1.165) is 36.5 Å². The fourth-order valence-electron chi connectivity index (χ4n) is 4.13. The summed E-state index contributed by atoms with van der Waals surface area (Å²) in [6, 6.07) is 11.9. The lowest BCUT2D eigenvalue weighted by molar-refractivity contribution is 0.101. The maximum atomic E-state index is 12.9. The first kappa shape index (κ1) is 20.4. The van der Waals surface area contributed by atoms with E-state index in [0.29, 0.717) is 17.4 Å². The second-order valence-corrected chi connectivity index (χ2v) is 8.81. The van der Waals surface area contributed by atoms with Crippen LogP contribution in [0.2, 0.25) is 0 Å². The van der Waals surface area contributed by atoms with Crippen LogP contribution in [0.5, 0.6) is 0 Å². The number of aryl methyl sites for hydroxylation is 1. The molecule has 1 aliphatic heterocycles. The van der Waals surface area contributed by atoms with E-state index >= 15 is 0 Å². The molecule has 1 N–H and O–H groups in total. The van der Waals surface area contributed by atoms with E-state index in [4.69, 9.17) is 4.98 Å². The summed E-state index contributed by atoms with van der Waals surface area (Å²) >= 11 is 1.46. The molecule has 1 atom stereocenters. The number of nitrogens with zero attached hydrogens (tertiary/aromatic N) is 5. The predicted molar refractivity (Wildman–Crippen MR) is 126 cm³/mol. The number of thiazole rings is 1. The van der Waals surface area contributed by atoms with Gasteiger partial charge in [-0.15, -0.1) is 11.3 Å². The maximum Gasteiger partial charge on any atom is 0.274 e. The van der Waals surface area contributed by atoms with Crippen molar-refractivity contribution in [3.05, 3.63) is 89.1 Å². The molecule has 0 aliphatic carbocycles. The van der Waals surface area contributed by atoms with Crippen molar-refractivity contribution in [1.82, 2.24) is 19.5 Å². The quantitative estimate of drug-likeness (QED) is 0.467. The second-order valence-electron chi connectivity index (χ2n) is 7.95. The molecule has 4 aromatic rings. The Labute approximate surface area is 190 Å². The number of carbonyl (C=O) groups is 1. The summed E-state index contributed by atoms with van der Waals surface area (Å²) in [5.41, 5.74) is 3.87. The lowest BCUT2D eigenvalue weighted by atomic mass is 10.1. The molecule has 4 aromatic heterocycles. The Morgan fingerprint density at radius 2 is 2.09 bits per heavy atom. The molecule has 162 valence electrons. The summed E-state index contributed by atoms with van der Waals surface area (Å²) < 4.78 is 1.93. The van der Waals surface area contributed by atoms with Crippen LogP contribution in [0, 0.1) is 6.92 Å². The Kier molecular flexibility index (Phi) is 5.68. The molecule has 1 unspecified atom stereocenters. The zero-order valence-electron chi connectivity index (χ0n) is 17.8. The molecule has 5 heterocycles. The van der Waals surface area contributed by atoms with Crippen molar-refractivity contribution in [3.8, 4) is 0 Å². The average Bonchev–Trinajstić information content (AvgIpc) is 3.55. The van der Waals surface area contributed by atoms with Crippen molar-refractivity contribution in [2.24, 2.45) is 0 Å². The van der Waals surface area contributed by atoms with E-state index in [1.165, 1.54) is 16.9 Å². The molecule has 0 radical (unpaired) electrons. The number of aromatic nitrogens is 4. The minimum Gasteiger partial charge on any atom is -0.348 e. The standard InChI is InChI=1S/C24H24N6OS/c1-17-6-11-26-22(14-17)30-13-3-4-20(30)19-16-32-24(27-19)28-23(31)21-5-2-12-29(21)15-18-7-9-25-10-8-18/h2,5-12,14,16,20H,3-4,13,15H2,1H3,(H,27,28,31). The molecule has 0 spiro atoms. The normalized spacial score (nSPS) is 15.8. The minimum absolute atomic E-state index is 0.159. The largest absolute Gasteiger partial charge is 0.348 e. The molecule has 32 heavy (non-hydrogen) atoms. The SMILES string of the molecule is Cc1ccnc(N2CCCC2c2csc(NC(=O)c3cccn3Cc3ccncc3)n2)c1. The number of nitrogens with one attached hydrogen (secondary N) is 1. The van der Waals surface area contributed by atoms with Gasteiger partial charge in [-0.2, -0.15) is 0 Å². The van der Waals surface area contributed by atoms with E-state index in [-0.39, 0.29) is 11.9 Å². The third-order valence-corrected chi connectivity index (χ3v) is 6.47. The summed E-state index contributed by atoms with van der Waals surface area (Å²) in [4.78, 5) is 28.6. The van der Waals surface area contributed by atoms with E-state index in [2.05, 4.69) is 33.2 Å². The molecule has 5 rings (SSSR count). The van der Waals surface area contributed by atoms with E-state index in [9.17, 15) is 4.79 Å². The van der Waals surface area contributed by atoms with Crippen LogP contribution in [0.4, 0.5) is 10.9 Å². The van der Waals surface area contributed by atoms with Crippen LogP contribution < -0.4 is 10.2 Å². The highest BCUT2D eigenvalue weighted by Gasteiger charge is 2.29. The van der Waals surface area contributed by atoms with Crippen molar-refractivity contribution in [2.75, 3.05) is 16.8 Å². The lowest BCUT2D eigenvalue weighted by Crippen LogP contribution is -2.24. The van der Waals surface area contributed by atoms with Gasteiger partial charge in [-0.05, 0) is 67.3 Å². The summed E-state index contributed by atoms with van der Waals surface area (Å²) in [6.45, 7) is 3.65. The number of pyridine rings is 2. The van der Waals surface area contributed by atoms with Gasteiger partial charge in [0.2, 0.25) is 0 Å². The third kappa shape index (κ3) is 4.27. The summed E-state index contributed by atoms with van der Waals surface area (Å²) in [5, 5.41) is 5.64. The molecule has 7 nitrogen and oxygen atoms in total. The van der Waals surface area contributed by atoms with Crippen LogP contribution >= 0.6 is 11.3 Å². The predicted octanol–water partition coefficient (Wildman–Crippen LogP) is 4.69. The van der Waals surface area contributed by atoms with Crippen molar-refractivity contribution >= 4 is 28.2 Å². The molecular formula is C24H24N6OS. The molecule has 1 fully saturated rings. The number of hydrogen-bond donors (Lipinski definition) is 1. The minimum atomic E-state index is -0.159. The number of hydrogen-bond acceptors (Lipinski definition) is 6. The van der Waals surface area contributed by atoms with Crippen LogP contribution in [-0.4, -0.2) is 32.0 Å². The zero-order chi connectivity index (χ0) is 21.9. The molecule has 0 saturated carbocycles. The Bertz CT molecular complexity index is 1220. The van der Waals surface area contributed by atoms with E-state index < -0.39 is 0 Å². The third-order valence-electron chi connectivity index (χ3n) is 5.70. The van der Waals surface area contributed by atoms with Gasteiger partial charge in [0.1, 0.15) is 11.5 Å². The average molecular weight is 445 g/mol. The van der Waals surface area contributed by atoms with Gasteiger partial charge in [-0.25, -0.2) is 9.97 Å². The van der Waals surface area contributed by atoms with Crippen LogP contribution in [-0.2, 0) is 6.54 Å². The maximum absolute atomic E-state index is 12.9. The van der Waals surface area contributed by atoms with E-state index in [1.807, 2.05) is 52.7 Å². The van der Waals surface area contributed by atoms with Gasteiger partial charge in [0.15, 0.2) is 5.13 Å². The van der Waals surface area contributed by atoms with Gasteiger partial charge in [-0.1, -0.05) is 0 Å². The van der Waals surface area contributed by atoms with Crippen LogP contribution in [0.25, 0.3) is 0 Å². The Hall–Kier alpha value is -3.52. The highest BCUT2D eigenvalue weighted by molar-refractivity contribution is 7.14. The number of anilines is 2. The van der Waals surface area contributed by atoms with Gasteiger partial charge in [0.25, 0.3) is 5.91 Å². The van der Waals surface area contributed by atoms with Gasteiger partial charge < -0.3 is 9.47 Å². The van der Waals surface area contributed by atoms with Crippen LogP contribution in [0.3, 0.4) is 0 Å². The van der Waals surface area contributed by atoms with Gasteiger partial charge >= 0.3 is 0 Å². The fraction of sp³-hybridized carbons (Fsp3) is 0.250. The summed E-state index contributed by atoms with van der Waals surface area (Å²) in [6.07, 6.45) is 9.41. The van der Waals surface area contributed by atoms with Gasteiger partial charge in [0.05, 0.1) is 11.7 Å². The van der Waals surface area contributed by atoms with E-state index in [1.54, 1.807) is 12.4 Å². The Morgan fingerprint density at radius 1 is 1.22 bits per heavy atom. The molecular weight excluding hydrogens is 420 g/mol. The van der Waals surface area contributed by atoms with Crippen molar-refractivity contribution in [2.45, 2.75) is 32.4 Å². The molecule has 8 heteroatoms. The molecule has 1 saturated heterocycles. The number of amides is 1. The summed E-state index contributed by atoms with van der Waals surface area (Å²) in [7, 11) is 0. The van der Waals surface area contributed by atoms with Gasteiger partial charge in [0, 0.05) is 43.3 Å².